The predicted octanol–water partition coefficient (Wildman–Crippen LogP) is 4.19. The molecule has 0 aromatic carbocycles. The molecule has 1 aliphatic rings. The van der Waals surface area contributed by atoms with Gasteiger partial charge in [-0.05, 0) is 71.0 Å². The van der Waals surface area contributed by atoms with Crippen LogP contribution in [0.4, 0.5) is 4.79 Å². The van der Waals surface area contributed by atoms with Gasteiger partial charge in [-0.25, -0.2) is 4.79 Å². The monoisotopic (exact) mass is 315 g/mol. The molecular weight excluding hydrogens is 282 g/mol. The third kappa shape index (κ3) is 5.29. The van der Waals surface area contributed by atoms with E-state index in [9.17, 15) is 9.59 Å². The topological polar surface area (TPSA) is 58.6 Å². The summed E-state index contributed by atoms with van der Waals surface area (Å²) in [5.41, 5.74) is -0.590. The quantitative estimate of drug-likeness (QED) is 0.748. The summed E-state index contributed by atoms with van der Waals surface area (Å²) in [7, 11) is -2.20. The normalized spacial score (nSPS) is 18.9. The first kappa shape index (κ1) is 18.5. The van der Waals surface area contributed by atoms with Gasteiger partial charge in [-0.1, -0.05) is 13.8 Å². The van der Waals surface area contributed by atoms with E-state index in [1.165, 1.54) is 0 Å². The minimum atomic E-state index is -2.20. The van der Waals surface area contributed by atoms with Gasteiger partial charge in [0, 0.05) is 5.54 Å². The number of alkyl carbamates (subject to hydrolysis) is 1. The second kappa shape index (κ2) is 5.92. The first-order valence-electron chi connectivity index (χ1n) is 8.00. The highest BCUT2D eigenvalue weighted by molar-refractivity contribution is 6.72. The minimum Gasteiger partial charge on any atom is -0.444 e. The molecule has 1 aliphatic carbocycles. The maximum Gasteiger partial charge on any atom is 0.408 e. The Labute approximate surface area is 130 Å². The minimum absolute atomic E-state index is 0.0504. The van der Waals surface area contributed by atoms with Crippen molar-refractivity contribution < 1.29 is 14.3 Å². The second-order valence-corrected chi connectivity index (χ2v) is 13.2. The van der Waals surface area contributed by atoms with Crippen molar-refractivity contribution in [1.82, 2.24) is 5.32 Å². The van der Waals surface area contributed by atoms with E-state index < -0.39 is 13.9 Å². The van der Waals surface area contributed by atoms with Crippen LogP contribution in [0.1, 0.15) is 66.7 Å². The van der Waals surface area contributed by atoms with Crippen LogP contribution in [0.3, 0.4) is 0 Å². The molecule has 1 saturated carbocycles. The van der Waals surface area contributed by atoms with Crippen molar-refractivity contribution in [2.45, 2.75) is 96.0 Å². The molecule has 0 saturated heterocycles. The first-order valence-corrected chi connectivity index (χ1v) is 10.9. The van der Waals surface area contributed by atoms with Crippen molar-refractivity contribution in [1.29, 1.82) is 0 Å². The molecule has 0 bridgehead atoms. The van der Waals surface area contributed by atoms with Gasteiger partial charge in [0.15, 0.2) is 8.32 Å². The van der Waals surface area contributed by atoms with Gasteiger partial charge in [-0.2, -0.15) is 0 Å². The number of carbonyl (C=O) groups excluding carboxylic acids is 1. The van der Waals surface area contributed by atoms with Crippen molar-refractivity contribution in [2.24, 2.45) is 0 Å². The molecule has 0 atom stereocenters. The molecule has 4 nitrogen and oxygen atoms in total. The van der Waals surface area contributed by atoms with Crippen molar-refractivity contribution >= 4 is 14.4 Å². The molecule has 0 aromatic rings. The highest BCUT2D eigenvalue weighted by Gasteiger charge is 2.44. The molecular formula is C16H33NO3Si. The smallest absolute Gasteiger partial charge is 0.408 e. The summed E-state index contributed by atoms with van der Waals surface area (Å²) in [5, 5.41) is 3.03. The van der Waals surface area contributed by atoms with Crippen LogP contribution in [-0.4, -0.2) is 30.3 Å². The first-order chi connectivity index (χ1) is 9.27. The van der Waals surface area contributed by atoms with Gasteiger partial charge in [0.25, 0.3) is 0 Å². The molecule has 1 rings (SSSR count). The average Bonchev–Trinajstić information content (AvgIpc) is 2.17. The van der Waals surface area contributed by atoms with Crippen LogP contribution in [0.5, 0.6) is 0 Å². The lowest BCUT2D eigenvalue weighted by Crippen LogP contribution is -2.55. The van der Waals surface area contributed by atoms with Crippen LogP contribution < -0.4 is 5.32 Å². The number of ether oxygens (including phenoxy) is 1. The lowest BCUT2D eigenvalue weighted by Gasteiger charge is -2.45. The Hall–Kier alpha value is -0.553. The molecule has 0 aliphatic heterocycles. The van der Waals surface area contributed by atoms with Crippen LogP contribution >= 0.6 is 0 Å². The van der Waals surface area contributed by atoms with E-state index in [1.54, 1.807) is 0 Å². The molecule has 0 aromatic heterocycles. The number of amides is 1. The molecule has 124 valence electrons. The molecule has 0 heterocycles. The third-order valence-electron chi connectivity index (χ3n) is 4.96. The zero-order chi connectivity index (χ0) is 16.5. The van der Waals surface area contributed by atoms with Gasteiger partial charge in [0.05, 0.1) is 0 Å². The van der Waals surface area contributed by atoms with Crippen LogP contribution in [0.2, 0.25) is 18.1 Å². The predicted molar refractivity (Wildman–Crippen MR) is 88.9 cm³/mol. The van der Waals surface area contributed by atoms with E-state index in [1.807, 2.05) is 33.9 Å². The second-order valence-electron chi connectivity index (χ2n) is 8.70. The van der Waals surface area contributed by atoms with E-state index in [2.05, 4.69) is 19.2 Å². The zero-order valence-electron chi connectivity index (χ0n) is 14.8. The standard InChI is InChI=1S/C16H33NO3Si/c1-14(2,3)20-13(18)17-16(9-8-10-16)12-11-15(4,5)21(6,7)19/h19H,8-12H2,1-7H3,(H,17,18). The SMILES string of the molecule is CC(C)(C)OC(=O)NC1(CCC(C)(C)[Si](C)(C)O)CCC1. The van der Waals surface area contributed by atoms with E-state index in [0.717, 1.165) is 32.1 Å². The van der Waals surface area contributed by atoms with Crippen LogP contribution in [0.15, 0.2) is 0 Å². The fraction of sp³-hybridized carbons (Fsp3) is 0.938. The Bertz CT molecular complexity index is 376. The molecule has 1 fully saturated rings. The maximum absolute atomic E-state index is 12.0. The maximum atomic E-state index is 12.0. The summed E-state index contributed by atoms with van der Waals surface area (Å²) < 4.78 is 5.38. The van der Waals surface area contributed by atoms with Gasteiger partial charge in [0.1, 0.15) is 5.60 Å². The third-order valence-corrected chi connectivity index (χ3v) is 8.52. The van der Waals surface area contributed by atoms with E-state index in [0.29, 0.717) is 0 Å². The summed E-state index contributed by atoms with van der Waals surface area (Å²) in [4.78, 5) is 22.4. The van der Waals surface area contributed by atoms with Gasteiger partial charge in [0.2, 0.25) is 0 Å². The fourth-order valence-electron chi connectivity index (χ4n) is 2.42. The Morgan fingerprint density at radius 2 is 1.76 bits per heavy atom. The summed E-state index contributed by atoms with van der Waals surface area (Å²) in [6.07, 6.45) is 4.69. The van der Waals surface area contributed by atoms with E-state index in [-0.39, 0.29) is 16.7 Å². The van der Waals surface area contributed by atoms with Crippen LogP contribution in [0.25, 0.3) is 0 Å². The number of hydrogen-bond acceptors (Lipinski definition) is 3. The summed E-state index contributed by atoms with van der Waals surface area (Å²) >= 11 is 0. The van der Waals surface area contributed by atoms with Crippen molar-refractivity contribution in [3.8, 4) is 0 Å². The molecule has 5 heteroatoms. The Kier molecular flexibility index (Phi) is 5.21. The summed E-state index contributed by atoms with van der Waals surface area (Å²) in [5.74, 6) is 0. The summed E-state index contributed by atoms with van der Waals surface area (Å²) in [6, 6.07) is 0. The van der Waals surface area contributed by atoms with Crippen molar-refractivity contribution in [2.75, 3.05) is 0 Å². The molecule has 21 heavy (non-hydrogen) atoms. The molecule has 2 N–H and O–H groups in total. The largest absolute Gasteiger partial charge is 0.444 e. The van der Waals surface area contributed by atoms with Crippen molar-refractivity contribution in [3.05, 3.63) is 0 Å². The lowest BCUT2D eigenvalue weighted by atomic mass is 9.72. The van der Waals surface area contributed by atoms with Gasteiger partial charge in [-0.15, -0.1) is 0 Å². The van der Waals surface area contributed by atoms with E-state index >= 15 is 0 Å². The van der Waals surface area contributed by atoms with Crippen LogP contribution in [0, 0.1) is 0 Å². The Balaban J connectivity index is 2.60. The number of nitrogens with one attached hydrogen (secondary N) is 1. The molecule has 0 unspecified atom stereocenters. The Morgan fingerprint density at radius 3 is 2.10 bits per heavy atom. The number of hydrogen-bond donors (Lipinski definition) is 2. The highest BCUT2D eigenvalue weighted by Crippen LogP contribution is 2.45. The number of carbonyl (C=O) groups is 1. The van der Waals surface area contributed by atoms with Gasteiger partial charge < -0.3 is 14.8 Å². The zero-order valence-corrected chi connectivity index (χ0v) is 15.8. The molecule has 0 radical (unpaired) electrons. The highest BCUT2D eigenvalue weighted by atomic mass is 28.4. The molecule has 0 spiro atoms. The van der Waals surface area contributed by atoms with E-state index in [4.69, 9.17) is 4.74 Å². The lowest BCUT2D eigenvalue weighted by molar-refractivity contribution is 0.0363. The summed E-state index contributed by atoms with van der Waals surface area (Å²) in [6.45, 7) is 13.9. The van der Waals surface area contributed by atoms with Gasteiger partial charge >= 0.3 is 6.09 Å². The Morgan fingerprint density at radius 1 is 1.24 bits per heavy atom. The fourth-order valence-corrected chi connectivity index (χ4v) is 3.16. The van der Waals surface area contributed by atoms with Crippen molar-refractivity contribution in [3.63, 3.8) is 0 Å². The molecule has 1 amide bonds. The van der Waals surface area contributed by atoms with Crippen LogP contribution in [-0.2, 0) is 4.74 Å². The average molecular weight is 316 g/mol. The van der Waals surface area contributed by atoms with Gasteiger partial charge in [-0.3, -0.25) is 0 Å². The number of rotatable bonds is 5.